The number of nitrogens with zero attached hydrogens (tertiary/aromatic N) is 4. The Balaban J connectivity index is 2.90. The van der Waals surface area contributed by atoms with Crippen LogP contribution in [0.5, 0.6) is 0 Å². The minimum Gasteiger partial charge on any atom is -0.192 e. The Hall–Kier alpha value is -3.05. The molecule has 0 unspecified atom stereocenters. The molecule has 0 aromatic heterocycles. The van der Waals surface area contributed by atoms with Crippen molar-refractivity contribution < 1.29 is 0 Å². The van der Waals surface area contributed by atoms with Gasteiger partial charge in [0.15, 0.2) is 0 Å². The van der Waals surface area contributed by atoms with Gasteiger partial charge in [0, 0.05) is 17.0 Å². The Bertz CT molecular complexity index is 801. The molecule has 1 aliphatic rings. The number of hydrogen-bond donors (Lipinski definition) is 0. The Morgan fingerprint density at radius 2 is 1.45 bits per heavy atom. The van der Waals surface area contributed by atoms with Crippen molar-refractivity contribution in [3.8, 4) is 24.3 Å². The topological polar surface area (TPSA) is 95.2 Å². The van der Waals surface area contributed by atoms with Crippen molar-refractivity contribution in [3.63, 3.8) is 0 Å². The Labute approximate surface area is 120 Å². The molecule has 5 heteroatoms. The van der Waals surface area contributed by atoms with Crippen LogP contribution in [0.1, 0.15) is 17.5 Å². The van der Waals surface area contributed by atoms with Crippen LogP contribution in [0.3, 0.4) is 0 Å². The third kappa shape index (κ3) is 1.92. The van der Waals surface area contributed by atoms with Gasteiger partial charge in [-0.1, -0.05) is 23.7 Å². The minimum absolute atomic E-state index is 0.0289. The first kappa shape index (κ1) is 13.4. The zero-order valence-electron chi connectivity index (χ0n) is 10.1. The summed E-state index contributed by atoms with van der Waals surface area (Å²) in [6.07, 6.45) is 0.186. The molecule has 0 N–H and O–H groups in total. The molecule has 92 valence electrons. The highest BCUT2D eigenvalue weighted by Gasteiger charge is 2.28. The van der Waals surface area contributed by atoms with E-state index in [2.05, 4.69) is 0 Å². The molecule has 0 aliphatic heterocycles. The first-order chi connectivity index (χ1) is 9.67. The molecule has 1 aromatic rings. The third-order valence-electron chi connectivity index (χ3n) is 3.04. The molecule has 1 aliphatic carbocycles. The van der Waals surface area contributed by atoms with Gasteiger partial charge in [-0.25, -0.2) is 0 Å². The first-order valence-corrected chi connectivity index (χ1v) is 5.91. The summed E-state index contributed by atoms with van der Waals surface area (Å²) in [5.74, 6) is 0. The summed E-state index contributed by atoms with van der Waals surface area (Å²) in [6, 6.07) is 12.4. The van der Waals surface area contributed by atoms with Crippen LogP contribution in [0.2, 0.25) is 5.02 Å². The monoisotopic (exact) mass is 276 g/mol. The summed E-state index contributed by atoms with van der Waals surface area (Å²) < 4.78 is 0. The number of hydrogen-bond acceptors (Lipinski definition) is 4. The van der Waals surface area contributed by atoms with Gasteiger partial charge in [-0.05, 0) is 22.8 Å². The van der Waals surface area contributed by atoms with Crippen LogP contribution in [-0.4, -0.2) is 0 Å². The van der Waals surface area contributed by atoms with Gasteiger partial charge in [0.25, 0.3) is 0 Å². The van der Waals surface area contributed by atoms with Crippen LogP contribution < -0.4 is 0 Å². The molecule has 0 atom stereocenters. The van der Waals surface area contributed by atoms with Gasteiger partial charge in [0.1, 0.15) is 35.4 Å². The molecule has 20 heavy (non-hydrogen) atoms. The number of halogens is 1. The summed E-state index contributed by atoms with van der Waals surface area (Å²) in [6.45, 7) is 0. The predicted molar refractivity (Wildman–Crippen MR) is 72.4 cm³/mol. The highest BCUT2D eigenvalue weighted by Crippen LogP contribution is 2.46. The SMILES string of the molecule is N#CC(C#N)=C1CC(=C(C#N)C#N)c2c(Cl)cccc21. The van der Waals surface area contributed by atoms with E-state index in [9.17, 15) is 0 Å². The fourth-order valence-electron chi connectivity index (χ4n) is 2.20. The average Bonchev–Trinajstić information content (AvgIpc) is 2.83. The minimum atomic E-state index is -0.0513. The zero-order valence-corrected chi connectivity index (χ0v) is 10.9. The normalized spacial score (nSPS) is 11.7. The van der Waals surface area contributed by atoms with E-state index in [1.54, 1.807) is 18.2 Å². The summed E-state index contributed by atoms with van der Waals surface area (Å²) in [7, 11) is 0. The Morgan fingerprint density at radius 3 is 2.00 bits per heavy atom. The Morgan fingerprint density at radius 1 is 0.900 bits per heavy atom. The van der Waals surface area contributed by atoms with Gasteiger partial charge in [0.2, 0.25) is 0 Å². The third-order valence-corrected chi connectivity index (χ3v) is 3.36. The van der Waals surface area contributed by atoms with Crippen molar-refractivity contribution in [2.45, 2.75) is 6.42 Å². The smallest absolute Gasteiger partial charge is 0.133 e. The van der Waals surface area contributed by atoms with E-state index in [1.165, 1.54) is 0 Å². The van der Waals surface area contributed by atoms with E-state index in [0.717, 1.165) is 0 Å². The van der Waals surface area contributed by atoms with E-state index in [-0.39, 0.29) is 17.6 Å². The number of allylic oxidation sites excluding steroid dienone is 4. The molecular formula is C15H5ClN4. The fraction of sp³-hybridized carbons (Fsp3) is 0.0667. The summed E-state index contributed by atoms with van der Waals surface area (Å²) in [4.78, 5) is 0. The van der Waals surface area contributed by atoms with Crippen molar-refractivity contribution in [2.75, 3.05) is 0 Å². The van der Waals surface area contributed by atoms with Crippen molar-refractivity contribution in [2.24, 2.45) is 0 Å². The second-order valence-corrected chi connectivity index (χ2v) is 4.40. The lowest BCUT2D eigenvalue weighted by molar-refractivity contribution is 1.41. The van der Waals surface area contributed by atoms with E-state index in [4.69, 9.17) is 32.6 Å². The van der Waals surface area contributed by atoms with Gasteiger partial charge in [0.05, 0.1) is 0 Å². The van der Waals surface area contributed by atoms with Crippen LogP contribution in [0.15, 0.2) is 29.3 Å². The van der Waals surface area contributed by atoms with Gasteiger partial charge >= 0.3 is 0 Å². The zero-order chi connectivity index (χ0) is 14.7. The van der Waals surface area contributed by atoms with Crippen molar-refractivity contribution in [1.82, 2.24) is 0 Å². The average molecular weight is 277 g/mol. The number of fused-ring (bicyclic) bond motifs is 1. The van der Waals surface area contributed by atoms with Gasteiger partial charge < -0.3 is 0 Å². The lowest BCUT2D eigenvalue weighted by Crippen LogP contribution is -1.86. The predicted octanol–water partition coefficient (Wildman–Crippen LogP) is 3.35. The van der Waals surface area contributed by atoms with Crippen molar-refractivity contribution in [1.29, 1.82) is 21.0 Å². The quantitative estimate of drug-likeness (QED) is 0.679. The van der Waals surface area contributed by atoms with Gasteiger partial charge in [-0.15, -0.1) is 0 Å². The largest absolute Gasteiger partial charge is 0.192 e. The maximum Gasteiger partial charge on any atom is 0.133 e. The van der Waals surface area contributed by atoms with E-state index in [0.29, 0.717) is 27.3 Å². The summed E-state index contributed by atoms with van der Waals surface area (Å²) in [5, 5.41) is 36.5. The molecule has 1 aromatic carbocycles. The molecule has 0 radical (unpaired) electrons. The second-order valence-electron chi connectivity index (χ2n) is 3.99. The van der Waals surface area contributed by atoms with Crippen molar-refractivity contribution in [3.05, 3.63) is 45.5 Å². The molecule has 0 bridgehead atoms. The molecule has 0 heterocycles. The van der Waals surface area contributed by atoms with Crippen LogP contribution >= 0.6 is 11.6 Å². The maximum absolute atomic E-state index is 9.02. The summed E-state index contributed by atoms with van der Waals surface area (Å²) in [5.41, 5.74) is 2.08. The molecular weight excluding hydrogens is 272 g/mol. The lowest BCUT2D eigenvalue weighted by Gasteiger charge is -2.03. The number of nitriles is 4. The van der Waals surface area contributed by atoms with Gasteiger partial charge in [-0.3, -0.25) is 0 Å². The van der Waals surface area contributed by atoms with E-state index < -0.39 is 0 Å². The second kappa shape index (κ2) is 5.29. The van der Waals surface area contributed by atoms with E-state index >= 15 is 0 Å². The molecule has 0 fully saturated rings. The van der Waals surface area contributed by atoms with Gasteiger partial charge in [-0.2, -0.15) is 21.0 Å². The number of rotatable bonds is 0. The lowest BCUT2D eigenvalue weighted by atomic mass is 10.0. The molecule has 2 rings (SSSR count). The molecule has 4 nitrogen and oxygen atoms in total. The molecule has 0 saturated heterocycles. The summed E-state index contributed by atoms with van der Waals surface area (Å²) >= 11 is 6.14. The van der Waals surface area contributed by atoms with Crippen LogP contribution in [0.4, 0.5) is 0 Å². The highest BCUT2D eigenvalue weighted by molar-refractivity contribution is 6.33. The maximum atomic E-state index is 9.02. The van der Waals surface area contributed by atoms with Crippen LogP contribution in [0.25, 0.3) is 11.1 Å². The van der Waals surface area contributed by atoms with Crippen molar-refractivity contribution >= 4 is 22.7 Å². The fourth-order valence-corrected chi connectivity index (χ4v) is 2.49. The number of benzene rings is 1. The van der Waals surface area contributed by atoms with E-state index in [1.807, 2.05) is 24.3 Å². The standard InChI is InChI=1S/C15H5ClN4/c16-14-3-1-2-11-12(9(5-17)6-18)4-13(15(11)14)10(7-19)8-20/h1-3H,4H2. The highest BCUT2D eigenvalue weighted by atomic mass is 35.5. The first-order valence-electron chi connectivity index (χ1n) is 5.53. The molecule has 0 spiro atoms. The van der Waals surface area contributed by atoms with Crippen LogP contribution in [0, 0.1) is 45.3 Å². The molecule has 0 amide bonds. The Kier molecular flexibility index (Phi) is 3.54. The van der Waals surface area contributed by atoms with Crippen LogP contribution in [-0.2, 0) is 0 Å². The molecule has 0 saturated carbocycles.